The average molecular weight is 346 g/mol. The average Bonchev–Trinajstić information content (AvgIpc) is 2.83. The van der Waals surface area contributed by atoms with Gasteiger partial charge in [-0.2, -0.15) is 0 Å². The topological polar surface area (TPSA) is 89.9 Å². The number of aliphatic hydroxyl groups excluding tert-OH is 2. The van der Waals surface area contributed by atoms with Gasteiger partial charge in [0.1, 0.15) is 0 Å². The number of carbonyl (C=O) groups is 2. The molecule has 0 unspecified atom stereocenters. The molecule has 0 saturated carbocycles. The first kappa shape index (κ1) is 19.1. The van der Waals surface area contributed by atoms with Crippen molar-refractivity contribution in [1.82, 2.24) is 10.2 Å². The Morgan fingerprint density at radius 3 is 2.40 bits per heavy atom. The van der Waals surface area contributed by atoms with Gasteiger partial charge in [0, 0.05) is 19.6 Å². The summed E-state index contributed by atoms with van der Waals surface area (Å²) in [6.07, 6.45) is 0. The van der Waals surface area contributed by atoms with Crippen molar-refractivity contribution < 1.29 is 19.8 Å². The van der Waals surface area contributed by atoms with Crippen molar-refractivity contribution in [3.63, 3.8) is 0 Å². The number of aliphatic hydroxyl groups is 2. The molecule has 0 saturated heterocycles. The van der Waals surface area contributed by atoms with Crippen molar-refractivity contribution in [1.29, 1.82) is 0 Å². The lowest BCUT2D eigenvalue weighted by atomic mass is 9.94. The summed E-state index contributed by atoms with van der Waals surface area (Å²) in [4.78, 5) is 26.0. The van der Waals surface area contributed by atoms with Crippen LogP contribution in [0.25, 0.3) is 0 Å². The Morgan fingerprint density at radius 2 is 1.88 bits per heavy atom. The first-order valence-electron chi connectivity index (χ1n) is 8.55. The van der Waals surface area contributed by atoms with Crippen molar-refractivity contribution in [3.05, 3.63) is 46.7 Å². The van der Waals surface area contributed by atoms with Crippen LogP contribution in [0.3, 0.4) is 0 Å². The molecule has 0 aromatic heterocycles. The van der Waals surface area contributed by atoms with E-state index in [9.17, 15) is 14.7 Å². The molecule has 0 aliphatic carbocycles. The fourth-order valence-electron chi connectivity index (χ4n) is 3.06. The normalized spacial score (nSPS) is 17.7. The maximum Gasteiger partial charge on any atom is 0.290 e. The summed E-state index contributed by atoms with van der Waals surface area (Å²) in [7, 11) is 0. The zero-order valence-corrected chi connectivity index (χ0v) is 15.0. The van der Waals surface area contributed by atoms with E-state index in [-0.39, 0.29) is 18.0 Å². The van der Waals surface area contributed by atoms with Crippen molar-refractivity contribution in [2.75, 3.05) is 26.2 Å². The molecule has 6 nitrogen and oxygen atoms in total. The third kappa shape index (κ3) is 4.08. The lowest BCUT2D eigenvalue weighted by Gasteiger charge is -2.27. The Balaban J connectivity index is 2.32. The molecule has 1 aromatic carbocycles. The number of ketones is 1. The van der Waals surface area contributed by atoms with Gasteiger partial charge in [-0.05, 0) is 24.0 Å². The van der Waals surface area contributed by atoms with E-state index in [1.165, 1.54) is 17.4 Å². The minimum atomic E-state index is -0.581. The van der Waals surface area contributed by atoms with E-state index in [1.54, 1.807) is 0 Å². The summed E-state index contributed by atoms with van der Waals surface area (Å²) in [6.45, 7) is 6.79. The Hall–Kier alpha value is -2.18. The molecule has 1 aromatic rings. The largest absolute Gasteiger partial charge is 0.503 e. The van der Waals surface area contributed by atoms with Gasteiger partial charge in [-0.15, -0.1) is 0 Å². The van der Waals surface area contributed by atoms with Gasteiger partial charge < -0.3 is 20.4 Å². The predicted octanol–water partition coefficient (Wildman–Crippen LogP) is 1.68. The highest BCUT2D eigenvalue weighted by atomic mass is 16.3. The van der Waals surface area contributed by atoms with Crippen LogP contribution in [0.4, 0.5) is 0 Å². The van der Waals surface area contributed by atoms with Crippen LogP contribution in [0.15, 0.2) is 35.6 Å². The molecule has 1 heterocycles. The van der Waals surface area contributed by atoms with Gasteiger partial charge in [0.05, 0.1) is 18.2 Å². The van der Waals surface area contributed by atoms with Crippen LogP contribution in [0.2, 0.25) is 0 Å². The van der Waals surface area contributed by atoms with Crippen LogP contribution >= 0.6 is 0 Å². The van der Waals surface area contributed by atoms with Crippen LogP contribution < -0.4 is 5.32 Å². The summed E-state index contributed by atoms with van der Waals surface area (Å²) in [6, 6.07) is 7.20. The molecule has 0 spiro atoms. The van der Waals surface area contributed by atoms with E-state index >= 15 is 0 Å². The maximum atomic E-state index is 12.4. The summed E-state index contributed by atoms with van der Waals surface area (Å²) in [5.74, 6) is -0.926. The fourth-order valence-corrected chi connectivity index (χ4v) is 3.06. The zero-order chi connectivity index (χ0) is 18.6. The summed E-state index contributed by atoms with van der Waals surface area (Å²) >= 11 is 0. The number of rotatable bonds is 8. The molecule has 25 heavy (non-hydrogen) atoms. The lowest BCUT2D eigenvalue weighted by Crippen LogP contribution is -2.37. The standard InChI is InChI=1S/C19H26N2O4/c1-12(2)14-4-6-15(7-5-14)17-16(13(3)23)18(24)19(25)21(17)10-8-20-9-11-22/h4-7,12,17,20,22,24H,8-11H2,1-3H3/t17-/m0/s1. The first-order chi connectivity index (χ1) is 11.9. The number of amides is 1. The Labute approximate surface area is 148 Å². The second-order valence-electron chi connectivity index (χ2n) is 6.51. The molecular weight excluding hydrogens is 320 g/mol. The van der Waals surface area contributed by atoms with E-state index < -0.39 is 17.7 Å². The molecule has 0 radical (unpaired) electrons. The number of hydrogen-bond donors (Lipinski definition) is 3. The molecule has 6 heteroatoms. The second-order valence-corrected chi connectivity index (χ2v) is 6.51. The van der Waals surface area contributed by atoms with E-state index in [1.807, 2.05) is 24.3 Å². The third-order valence-corrected chi connectivity index (χ3v) is 4.42. The van der Waals surface area contributed by atoms with Crippen LogP contribution in [0.5, 0.6) is 0 Å². The van der Waals surface area contributed by atoms with Gasteiger partial charge in [0.15, 0.2) is 11.5 Å². The van der Waals surface area contributed by atoms with Crippen LogP contribution in [-0.2, 0) is 9.59 Å². The molecule has 3 N–H and O–H groups in total. The van der Waals surface area contributed by atoms with Crippen molar-refractivity contribution in [2.24, 2.45) is 0 Å². The highest BCUT2D eigenvalue weighted by Crippen LogP contribution is 2.37. The predicted molar refractivity (Wildman–Crippen MR) is 95.3 cm³/mol. The molecule has 1 atom stereocenters. The lowest BCUT2D eigenvalue weighted by molar-refractivity contribution is -0.129. The Kier molecular flexibility index (Phi) is 6.33. The molecule has 1 aliphatic rings. The number of Topliss-reactive ketones (excluding diaryl/α,β-unsaturated/α-hetero) is 1. The maximum absolute atomic E-state index is 12.4. The minimum Gasteiger partial charge on any atom is -0.503 e. The minimum absolute atomic E-state index is 0.0102. The smallest absolute Gasteiger partial charge is 0.290 e. The third-order valence-electron chi connectivity index (χ3n) is 4.42. The van der Waals surface area contributed by atoms with Crippen molar-refractivity contribution >= 4 is 11.7 Å². The first-order valence-corrected chi connectivity index (χ1v) is 8.55. The zero-order valence-electron chi connectivity index (χ0n) is 15.0. The summed E-state index contributed by atoms with van der Waals surface area (Å²) in [5.41, 5.74) is 2.11. The summed E-state index contributed by atoms with van der Waals surface area (Å²) < 4.78 is 0. The van der Waals surface area contributed by atoms with Gasteiger partial charge in [0.2, 0.25) is 0 Å². The fraction of sp³-hybridized carbons (Fsp3) is 0.474. The highest BCUT2D eigenvalue weighted by Gasteiger charge is 2.41. The van der Waals surface area contributed by atoms with Gasteiger partial charge in [-0.1, -0.05) is 38.1 Å². The van der Waals surface area contributed by atoms with Crippen LogP contribution in [0, 0.1) is 0 Å². The number of hydrogen-bond acceptors (Lipinski definition) is 5. The van der Waals surface area contributed by atoms with E-state index in [0.29, 0.717) is 25.6 Å². The number of carbonyl (C=O) groups excluding carboxylic acids is 2. The van der Waals surface area contributed by atoms with Gasteiger partial charge in [0.25, 0.3) is 5.91 Å². The molecule has 0 fully saturated rings. The Morgan fingerprint density at radius 1 is 1.24 bits per heavy atom. The van der Waals surface area contributed by atoms with Crippen molar-refractivity contribution in [3.8, 4) is 0 Å². The summed E-state index contributed by atoms with van der Waals surface area (Å²) in [5, 5.41) is 22.0. The van der Waals surface area contributed by atoms with Gasteiger partial charge in [-0.3, -0.25) is 9.59 Å². The second kappa shape index (κ2) is 8.27. The SMILES string of the molecule is CC(=O)C1=C(O)C(=O)N(CCNCCO)[C@H]1c1ccc(C(C)C)cc1. The van der Waals surface area contributed by atoms with Gasteiger partial charge in [-0.25, -0.2) is 0 Å². The number of nitrogens with zero attached hydrogens (tertiary/aromatic N) is 1. The molecule has 2 rings (SSSR count). The highest BCUT2D eigenvalue weighted by molar-refractivity contribution is 6.08. The van der Waals surface area contributed by atoms with Gasteiger partial charge >= 0.3 is 0 Å². The molecule has 1 aliphatic heterocycles. The quantitative estimate of drug-likeness (QED) is 0.623. The number of benzene rings is 1. The van der Waals surface area contributed by atoms with Crippen molar-refractivity contribution in [2.45, 2.75) is 32.7 Å². The molecule has 136 valence electrons. The molecular formula is C19H26N2O4. The monoisotopic (exact) mass is 346 g/mol. The van der Waals surface area contributed by atoms with E-state index in [2.05, 4.69) is 19.2 Å². The van der Waals surface area contributed by atoms with E-state index in [0.717, 1.165) is 5.56 Å². The number of nitrogens with one attached hydrogen (secondary N) is 1. The van der Waals surface area contributed by atoms with E-state index in [4.69, 9.17) is 5.11 Å². The van der Waals surface area contributed by atoms with Crippen LogP contribution in [-0.4, -0.2) is 53.0 Å². The molecule has 0 bridgehead atoms. The van der Waals surface area contributed by atoms with Crippen LogP contribution in [0.1, 0.15) is 43.9 Å². The molecule has 1 amide bonds. The Bertz CT molecular complexity index is 665.